The summed E-state index contributed by atoms with van der Waals surface area (Å²) in [6, 6.07) is 24.5. The number of hydrogen-bond donors (Lipinski definition) is 1. The fraction of sp³-hybridized carbons (Fsp3) is 0.172. The maximum absolute atomic E-state index is 15.8. The van der Waals surface area contributed by atoms with E-state index in [4.69, 9.17) is 0 Å². The van der Waals surface area contributed by atoms with Gasteiger partial charge in [-0.3, -0.25) is 0 Å². The molecule has 35 heavy (non-hydrogen) atoms. The average molecular weight is 494 g/mol. The molecule has 0 radical (unpaired) electrons. The number of phenolic OH excluding ortho intramolecular Hbond substituents is 1. The fourth-order valence-electron chi connectivity index (χ4n) is 4.81. The molecule has 4 aromatic rings. The molecule has 0 aliphatic heterocycles. The van der Waals surface area contributed by atoms with E-state index in [0.29, 0.717) is 0 Å². The number of rotatable bonds is 5. The van der Waals surface area contributed by atoms with Gasteiger partial charge in [-0.1, -0.05) is 103 Å². The van der Waals surface area contributed by atoms with E-state index in [2.05, 4.69) is 0 Å². The molecule has 2 nitrogen and oxygen atoms in total. The maximum atomic E-state index is 15.8. The van der Waals surface area contributed by atoms with Crippen LogP contribution < -0.4 is 10.6 Å². The molecule has 6 heteroatoms. The number of benzene rings is 4. The molecule has 0 spiro atoms. The predicted molar refractivity (Wildman–Crippen MR) is 135 cm³/mol. The zero-order valence-corrected chi connectivity index (χ0v) is 20.6. The van der Waals surface area contributed by atoms with E-state index in [1.165, 1.54) is 48.5 Å². The van der Waals surface area contributed by atoms with Gasteiger partial charge in [0.05, 0.1) is 0 Å². The van der Waals surface area contributed by atoms with Gasteiger partial charge in [0.2, 0.25) is 0 Å². The van der Waals surface area contributed by atoms with E-state index in [1.807, 2.05) is 0 Å². The minimum absolute atomic E-state index is 0.0806. The lowest BCUT2D eigenvalue weighted by molar-refractivity contribution is -0.154. The third-order valence-electron chi connectivity index (χ3n) is 6.50. The first-order valence-electron chi connectivity index (χ1n) is 11.2. The van der Waals surface area contributed by atoms with Gasteiger partial charge in [0, 0.05) is 10.6 Å². The minimum Gasteiger partial charge on any atom is -0.507 e. The van der Waals surface area contributed by atoms with Crippen LogP contribution in [0, 0.1) is 20.8 Å². The number of phenols is 1. The van der Waals surface area contributed by atoms with Crippen molar-refractivity contribution in [3.63, 3.8) is 0 Å². The molecule has 4 rings (SSSR count). The predicted octanol–water partition coefficient (Wildman–Crippen LogP) is 7.14. The summed E-state index contributed by atoms with van der Waals surface area (Å²) in [4.78, 5) is 0. The van der Waals surface area contributed by atoms with Gasteiger partial charge in [-0.25, -0.2) is 0 Å². The topological polar surface area (TPSA) is 37.3 Å². The third kappa shape index (κ3) is 3.88. The van der Waals surface area contributed by atoms with E-state index in [0.717, 1.165) is 5.56 Å². The quantitative estimate of drug-likeness (QED) is 0.300. The van der Waals surface area contributed by atoms with Gasteiger partial charge in [-0.05, 0) is 43.0 Å². The minimum atomic E-state index is -4.96. The molecule has 0 saturated carbocycles. The van der Waals surface area contributed by atoms with Crippen LogP contribution in [0.1, 0.15) is 27.8 Å². The van der Waals surface area contributed by atoms with Crippen LogP contribution in [-0.2, 0) is 9.72 Å². The van der Waals surface area contributed by atoms with Crippen molar-refractivity contribution < 1.29 is 22.8 Å². The Morgan fingerprint density at radius 2 is 1.09 bits per heavy atom. The Bertz CT molecular complexity index is 1310. The largest absolute Gasteiger partial charge is 0.507 e. The Hall–Kier alpha value is -3.30. The Morgan fingerprint density at radius 1 is 0.657 bits per heavy atom. The van der Waals surface area contributed by atoms with Gasteiger partial charge in [-0.15, -0.1) is 0 Å². The SMILES string of the molecule is Cc1ccc(C(c2cc(C)c(O)c(C)c2)(C(F)(F)F)P(=O)(c2ccccc2)c2ccccc2)cc1. The molecule has 0 aliphatic rings. The number of aromatic hydroxyl groups is 1. The molecule has 0 fully saturated rings. The molecular weight excluding hydrogens is 468 g/mol. The number of aryl methyl sites for hydroxylation is 3. The molecule has 180 valence electrons. The van der Waals surface area contributed by atoms with Crippen LogP contribution in [0.25, 0.3) is 0 Å². The first kappa shape index (κ1) is 24.8. The number of hydrogen-bond acceptors (Lipinski definition) is 2. The summed E-state index contributed by atoms with van der Waals surface area (Å²) in [6.07, 6.45) is -4.96. The Labute approximate surface area is 203 Å². The number of halogens is 3. The highest BCUT2D eigenvalue weighted by molar-refractivity contribution is 7.80. The highest BCUT2D eigenvalue weighted by Crippen LogP contribution is 2.71. The second kappa shape index (κ2) is 9.05. The summed E-state index contributed by atoms with van der Waals surface area (Å²) < 4.78 is 63.0. The van der Waals surface area contributed by atoms with Crippen molar-refractivity contribution in [2.75, 3.05) is 0 Å². The molecule has 0 bridgehead atoms. The molecule has 0 aromatic heterocycles. The Balaban J connectivity index is 2.29. The first-order chi connectivity index (χ1) is 16.5. The van der Waals surface area contributed by atoms with Crippen molar-refractivity contribution in [3.8, 4) is 5.75 Å². The monoisotopic (exact) mass is 494 g/mol. The smallest absolute Gasteiger partial charge is 0.409 e. The lowest BCUT2D eigenvalue weighted by atomic mass is 9.87. The highest BCUT2D eigenvalue weighted by atomic mass is 31.2. The van der Waals surface area contributed by atoms with Crippen molar-refractivity contribution in [3.05, 3.63) is 125 Å². The molecule has 0 aliphatic carbocycles. The van der Waals surface area contributed by atoms with Gasteiger partial charge >= 0.3 is 6.18 Å². The van der Waals surface area contributed by atoms with Crippen molar-refractivity contribution in [1.82, 2.24) is 0 Å². The lowest BCUT2D eigenvalue weighted by Crippen LogP contribution is -2.48. The second-order valence-electron chi connectivity index (χ2n) is 8.81. The van der Waals surface area contributed by atoms with E-state index < -0.39 is 18.5 Å². The summed E-state index contributed by atoms with van der Waals surface area (Å²) in [6.45, 7) is 4.90. The van der Waals surface area contributed by atoms with Crippen LogP contribution in [0.5, 0.6) is 5.75 Å². The van der Waals surface area contributed by atoms with Gasteiger partial charge in [0.15, 0.2) is 12.3 Å². The summed E-state index contributed by atoms with van der Waals surface area (Å²) >= 11 is 0. The Kier molecular flexibility index (Phi) is 6.42. The molecule has 0 amide bonds. The average Bonchev–Trinajstić information content (AvgIpc) is 2.84. The van der Waals surface area contributed by atoms with Crippen LogP contribution in [0.3, 0.4) is 0 Å². The molecule has 1 atom stereocenters. The van der Waals surface area contributed by atoms with E-state index in [9.17, 15) is 5.11 Å². The van der Waals surface area contributed by atoms with Gasteiger partial charge in [0.1, 0.15) is 5.75 Å². The molecule has 0 saturated heterocycles. The van der Waals surface area contributed by atoms with Gasteiger partial charge in [0.25, 0.3) is 0 Å². The van der Waals surface area contributed by atoms with E-state index in [-0.39, 0.29) is 38.6 Å². The Morgan fingerprint density at radius 3 is 1.49 bits per heavy atom. The molecule has 0 heterocycles. The van der Waals surface area contributed by atoms with Crippen molar-refractivity contribution in [1.29, 1.82) is 0 Å². The van der Waals surface area contributed by atoms with Crippen molar-refractivity contribution in [2.45, 2.75) is 32.1 Å². The summed E-state index contributed by atoms with van der Waals surface area (Å²) in [5.41, 5.74) is 1.08. The number of alkyl halides is 3. The zero-order chi connectivity index (χ0) is 25.4. The van der Waals surface area contributed by atoms with E-state index >= 15 is 17.7 Å². The molecular formula is C29H26F3O2P. The maximum Gasteiger partial charge on any atom is 0.409 e. The van der Waals surface area contributed by atoms with Gasteiger partial charge in [-0.2, -0.15) is 13.2 Å². The summed E-state index contributed by atoms with van der Waals surface area (Å²) in [5.74, 6) is -0.0806. The highest BCUT2D eigenvalue weighted by Gasteiger charge is 2.68. The zero-order valence-electron chi connectivity index (χ0n) is 19.7. The summed E-state index contributed by atoms with van der Waals surface area (Å²) in [7, 11) is -4.51. The summed E-state index contributed by atoms with van der Waals surface area (Å²) in [5, 5.41) is 7.70. The van der Waals surface area contributed by atoms with Crippen LogP contribution in [0.15, 0.2) is 97.1 Å². The van der Waals surface area contributed by atoms with Crippen LogP contribution in [-0.4, -0.2) is 11.3 Å². The van der Waals surface area contributed by atoms with Crippen LogP contribution >= 0.6 is 7.14 Å². The first-order valence-corrected chi connectivity index (χ1v) is 12.9. The fourth-order valence-corrected chi connectivity index (χ4v) is 8.43. The van der Waals surface area contributed by atoms with Crippen LogP contribution in [0.4, 0.5) is 13.2 Å². The standard InChI is InChI=1S/C29H26F3O2P/c1-20-14-16-23(17-15-20)28(29(30,31)32,24-18-21(2)27(33)22(3)19-24)35(34,25-10-6-4-7-11-25)26-12-8-5-9-13-26/h4-19,33H,1-3H3. The van der Waals surface area contributed by atoms with Crippen molar-refractivity contribution in [2.24, 2.45) is 0 Å². The van der Waals surface area contributed by atoms with E-state index in [1.54, 1.807) is 69.3 Å². The molecule has 4 aromatic carbocycles. The van der Waals surface area contributed by atoms with Gasteiger partial charge < -0.3 is 9.67 Å². The normalized spacial score (nSPS) is 13.9. The molecule has 1 N–H and O–H groups in total. The molecule has 1 unspecified atom stereocenters. The second-order valence-corrected chi connectivity index (χ2v) is 11.7. The lowest BCUT2D eigenvalue weighted by Gasteiger charge is -2.43. The van der Waals surface area contributed by atoms with Crippen molar-refractivity contribution >= 4 is 17.8 Å². The van der Waals surface area contributed by atoms with Crippen LogP contribution in [0.2, 0.25) is 0 Å². The third-order valence-corrected chi connectivity index (χ3v) is 10.3.